The zero-order valence-corrected chi connectivity index (χ0v) is 7.37. The van der Waals surface area contributed by atoms with Crippen molar-refractivity contribution >= 4 is 5.97 Å². The maximum absolute atomic E-state index is 10.5. The van der Waals surface area contributed by atoms with Crippen molar-refractivity contribution < 1.29 is 9.90 Å². The number of benzene rings is 1. The van der Waals surface area contributed by atoms with Crippen LogP contribution >= 0.6 is 0 Å². The summed E-state index contributed by atoms with van der Waals surface area (Å²) in [4.78, 5) is 10.5. The topological polar surface area (TPSA) is 61.4 Å². The van der Waals surface area contributed by atoms with E-state index in [1.54, 1.807) is 31.3 Å². The minimum atomic E-state index is -0.895. The summed E-state index contributed by atoms with van der Waals surface area (Å²) in [6.45, 7) is 0.677. The minimum Gasteiger partial charge on any atom is -0.478 e. The molecular weight excluding hydrogens is 168 g/mol. The summed E-state index contributed by atoms with van der Waals surface area (Å²) in [6, 6.07) is 6.76. The molecule has 4 heteroatoms. The predicted molar refractivity (Wildman–Crippen MR) is 49.3 cm³/mol. The summed E-state index contributed by atoms with van der Waals surface area (Å²) in [5.41, 5.74) is 7.06. The number of hydrogen-bond acceptors (Lipinski definition) is 3. The number of aromatic carboxylic acids is 1. The number of carboxylic acid groups (broad SMARTS) is 1. The molecule has 0 heterocycles. The zero-order valence-electron chi connectivity index (χ0n) is 7.37. The monoisotopic (exact) mass is 180 g/mol. The molecule has 0 spiro atoms. The highest BCUT2D eigenvalue weighted by molar-refractivity contribution is 5.87. The summed E-state index contributed by atoms with van der Waals surface area (Å²) in [7, 11) is 1.78. The summed E-state index contributed by atoms with van der Waals surface area (Å²) >= 11 is 0. The lowest BCUT2D eigenvalue weighted by atomic mass is 10.1. The first-order chi connectivity index (χ1) is 6.24. The quantitative estimate of drug-likeness (QED) is 0.594. The molecular formula is C9H12N2O2. The molecule has 3 N–H and O–H groups in total. The highest BCUT2D eigenvalue weighted by Gasteiger charge is 2.00. The van der Waals surface area contributed by atoms with E-state index < -0.39 is 5.97 Å². The Morgan fingerprint density at radius 3 is 2.46 bits per heavy atom. The van der Waals surface area contributed by atoms with Crippen LogP contribution in [0.15, 0.2) is 24.3 Å². The number of carbonyl (C=O) groups is 1. The molecule has 0 aliphatic carbocycles. The van der Waals surface area contributed by atoms with Crippen molar-refractivity contribution in [2.24, 2.45) is 0 Å². The van der Waals surface area contributed by atoms with Gasteiger partial charge in [-0.3, -0.25) is 10.9 Å². The van der Waals surface area contributed by atoms with Crippen molar-refractivity contribution in [3.8, 4) is 0 Å². The van der Waals surface area contributed by atoms with Crippen LogP contribution in [0.1, 0.15) is 15.9 Å². The van der Waals surface area contributed by atoms with E-state index in [4.69, 9.17) is 5.11 Å². The van der Waals surface area contributed by atoms with Crippen LogP contribution in [0.2, 0.25) is 0 Å². The molecule has 0 bridgehead atoms. The highest BCUT2D eigenvalue weighted by Crippen LogP contribution is 2.03. The molecule has 13 heavy (non-hydrogen) atoms. The lowest BCUT2D eigenvalue weighted by Gasteiger charge is -2.02. The Hall–Kier alpha value is -1.39. The van der Waals surface area contributed by atoms with E-state index in [1.165, 1.54) is 0 Å². The first-order valence-corrected chi connectivity index (χ1v) is 3.96. The molecule has 0 saturated carbocycles. The normalized spacial score (nSPS) is 9.92. The van der Waals surface area contributed by atoms with Crippen LogP contribution in [-0.2, 0) is 6.54 Å². The summed E-state index contributed by atoms with van der Waals surface area (Å²) in [5, 5.41) is 8.62. The molecule has 4 nitrogen and oxygen atoms in total. The highest BCUT2D eigenvalue weighted by atomic mass is 16.4. The zero-order chi connectivity index (χ0) is 9.68. The van der Waals surface area contributed by atoms with Gasteiger partial charge in [-0.15, -0.1) is 0 Å². The van der Waals surface area contributed by atoms with Crippen LogP contribution in [0.4, 0.5) is 0 Å². The van der Waals surface area contributed by atoms with E-state index in [-0.39, 0.29) is 0 Å². The fourth-order valence-corrected chi connectivity index (χ4v) is 0.956. The second-order valence-corrected chi connectivity index (χ2v) is 2.61. The molecule has 0 aliphatic heterocycles. The van der Waals surface area contributed by atoms with Crippen LogP contribution in [0, 0.1) is 0 Å². The van der Waals surface area contributed by atoms with Crippen LogP contribution in [0.5, 0.6) is 0 Å². The molecule has 0 saturated heterocycles. The Morgan fingerprint density at radius 1 is 1.38 bits per heavy atom. The van der Waals surface area contributed by atoms with Crippen molar-refractivity contribution in [3.63, 3.8) is 0 Å². The number of hydrogen-bond donors (Lipinski definition) is 3. The molecule has 0 aromatic heterocycles. The number of hydrazine groups is 1. The molecule has 1 rings (SSSR count). The third-order valence-electron chi connectivity index (χ3n) is 1.67. The fourth-order valence-electron chi connectivity index (χ4n) is 0.956. The smallest absolute Gasteiger partial charge is 0.335 e. The van der Waals surface area contributed by atoms with Gasteiger partial charge >= 0.3 is 5.97 Å². The maximum Gasteiger partial charge on any atom is 0.335 e. The molecule has 1 aromatic carbocycles. The Morgan fingerprint density at radius 2 is 2.00 bits per heavy atom. The number of rotatable bonds is 4. The van der Waals surface area contributed by atoms with Gasteiger partial charge in [0.25, 0.3) is 0 Å². The standard InChI is InChI=1S/C9H12N2O2/c1-10-11-6-7-2-4-8(5-3-7)9(12)13/h2-5,10-11H,6H2,1H3,(H,12,13). The second kappa shape index (κ2) is 4.59. The molecule has 0 aliphatic rings. The van der Waals surface area contributed by atoms with Crippen molar-refractivity contribution in [1.82, 2.24) is 10.9 Å². The van der Waals surface area contributed by atoms with Gasteiger partial charge in [0.2, 0.25) is 0 Å². The first kappa shape index (κ1) is 9.70. The summed E-state index contributed by atoms with van der Waals surface area (Å²) < 4.78 is 0. The Bertz CT molecular complexity index is 282. The van der Waals surface area contributed by atoms with E-state index in [1.807, 2.05) is 0 Å². The maximum atomic E-state index is 10.5. The predicted octanol–water partition coefficient (Wildman–Crippen LogP) is 0.609. The van der Waals surface area contributed by atoms with E-state index >= 15 is 0 Å². The van der Waals surface area contributed by atoms with Crippen molar-refractivity contribution in [3.05, 3.63) is 35.4 Å². The average molecular weight is 180 g/mol. The summed E-state index contributed by atoms with van der Waals surface area (Å²) in [5.74, 6) is -0.895. The van der Waals surface area contributed by atoms with Gasteiger partial charge in [0, 0.05) is 6.54 Å². The van der Waals surface area contributed by atoms with Crippen molar-refractivity contribution in [2.45, 2.75) is 6.54 Å². The molecule has 70 valence electrons. The Balaban J connectivity index is 2.64. The Kier molecular flexibility index (Phi) is 3.42. The van der Waals surface area contributed by atoms with Crippen molar-refractivity contribution in [2.75, 3.05) is 7.05 Å². The van der Waals surface area contributed by atoms with E-state index in [0.29, 0.717) is 12.1 Å². The molecule has 0 atom stereocenters. The van der Waals surface area contributed by atoms with Crippen LogP contribution < -0.4 is 10.9 Å². The second-order valence-electron chi connectivity index (χ2n) is 2.61. The van der Waals surface area contributed by atoms with Gasteiger partial charge in [-0.2, -0.15) is 0 Å². The molecule has 1 aromatic rings. The molecule has 0 amide bonds. The number of nitrogens with one attached hydrogen (secondary N) is 2. The minimum absolute atomic E-state index is 0.313. The third-order valence-corrected chi connectivity index (χ3v) is 1.67. The van der Waals surface area contributed by atoms with Crippen LogP contribution in [-0.4, -0.2) is 18.1 Å². The molecule has 0 unspecified atom stereocenters. The van der Waals surface area contributed by atoms with Gasteiger partial charge in [0.1, 0.15) is 0 Å². The van der Waals surface area contributed by atoms with Gasteiger partial charge < -0.3 is 5.11 Å². The largest absolute Gasteiger partial charge is 0.478 e. The first-order valence-electron chi connectivity index (χ1n) is 3.96. The van der Waals surface area contributed by atoms with E-state index in [9.17, 15) is 4.79 Å². The van der Waals surface area contributed by atoms with Gasteiger partial charge in [0.05, 0.1) is 5.56 Å². The fraction of sp³-hybridized carbons (Fsp3) is 0.222. The van der Waals surface area contributed by atoms with Crippen LogP contribution in [0.25, 0.3) is 0 Å². The third kappa shape index (κ3) is 2.85. The lowest BCUT2D eigenvalue weighted by molar-refractivity contribution is 0.0697. The van der Waals surface area contributed by atoms with E-state index in [2.05, 4.69) is 10.9 Å². The van der Waals surface area contributed by atoms with Gasteiger partial charge in [-0.25, -0.2) is 4.79 Å². The van der Waals surface area contributed by atoms with Crippen molar-refractivity contribution in [1.29, 1.82) is 0 Å². The SMILES string of the molecule is CNNCc1ccc(C(=O)O)cc1. The Labute approximate surface area is 76.6 Å². The summed E-state index contributed by atoms with van der Waals surface area (Å²) in [6.07, 6.45) is 0. The van der Waals surface area contributed by atoms with E-state index in [0.717, 1.165) is 5.56 Å². The van der Waals surface area contributed by atoms with Gasteiger partial charge in [0.15, 0.2) is 0 Å². The van der Waals surface area contributed by atoms with Crippen LogP contribution in [0.3, 0.4) is 0 Å². The average Bonchev–Trinajstić information content (AvgIpc) is 2.15. The number of carboxylic acids is 1. The van der Waals surface area contributed by atoms with Gasteiger partial charge in [-0.1, -0.05) is 12.1 Å². The molecule has 0 fully saturated rings. The van der Waals surface area contributed by atoms with Gasteiger partial charge in [-0.05, 0) is 24.7 Å². The lowest BCUT2D eigenvalue weighted by Crippen LogP contribution is -2.26. The molecule has 0 radical (unpaired) electrons.